The second-order valence-corrected chi connectivity index (χ2v) is 4.88. The summed E-state index contributed by atoms with van der Waals surface area (Å²) in [6, 6.07) is 3.35. The van der Waals surface area contributed by atoms with Crippen molar-refractivity contribution in [3.05, 3.63) is 57.9 Å². The van der Waals surface area contributed by atoms with Gasteiger partial charge >= 0.3 is 0 Å². The van der Waals surface area contributed by atoms with Crippen molar-refractivity contribution in [2.75, 3.05) is 0 Å². The number of nitrogens with one attached hydrogen (secondary N) is 1. The summed E-state index contributed by atoms with van der Waals surface area (Å²) in [5.41, 5.74) is -0.116. The van der Waals surface area contributed by atoms with Gasteiger partial charge in [0.15, 0.2) is 0 Å². The van der Waals surface area contributed by atoms with Crippen molar-refractivity contribution in [2.45, 2.75) is 0 Å². The molecular formula is C13H7N3O3S. The number of carbonyl (C=O) groups is 3. The van der Waals surface area contributed by atoms with Crippen LogP contribution in [0.2, 0.25) is 0 Å². The Kier molecular flexibility index (Phi) is 2.96. The van der Waals surface area contributed by atoms with Crippen LogP contribution in [0.3, 0.4) is 0 Å². The number of thiophene rings is 1. The third-order valence-electron chi connectivity index (χ3n) is 2.66. The highest BCUT2D eigenvalue weighted by Crippen LogP contribution is 2.17. The summed E-state index contributed by atoms with van der Waals surface area (Å²) >= 11 is 1.24. The molecule has 0 bridgehead atoms. The largest absolute Gasteiger partial charge is 0.318 e. The molecule has 20 heavy (non-hydrogen) atoms. The normalized spacial score (nSPS) is 13.7. The van der Waals surface area contributed by atoms with Crippen LogP contribution in [-0.4, -0.2) is 27.4 Å². The average molecular weight is 285 g/mol. The number of amides is 1. The van der Waals surface area contributed by atoms with Crippen molar-refractivity contribution in [3.63, 3.8) is 0 Å². The van der Waals surface area contributed by atoms with Gasteiger partial charge in [0.2, 0.25) is 11.6 Å². The Labute approximate surface area is 117 Å². The predicted molar refractivity (Wildman–Crippen MR) is 70.6 cm³/mol. The smallest absolute Gasteiger partial charge is 0.265 e. The van der Waals surface area contributed by atoms with Crippen molar-refractivity contribution in [3.8, 4) is 0 Å². The van der Waals surface area contributed by atoms with E-state index in [-0.39, 0.29) is 17.1 Å². The topological polar surface area (TPSA) is 89.0 Å². The zero-order valence-corrected chi connectivity index (χ0v) is 10.8. The summed E-state index contributed by atoms with van der Waals surface area (Å²) in [4.78, 5) is 44.0. The van der Waals surface area contributed by atoms with Crippen LogP contribution in [0.1, 0.15) is 30.6 Å². The number of hydrogen-bond donors (Lipinski definition) is 1. The summed E-state index contributed by atoms with van der Waals surface area (Å²) in [5.74, 6) is -1.40. The van der Waals surface area contributed by atoms with Gasteiger partial charge in [0.05, 0.1) is 10.6 Å². The molecule has 1 N–H and O–H groups in total. The van der Waals surface area contributed by atoms with Gasteiger partial charge in [-0.2, -0.15) is 0 Å². The highest BCUT2D eigenvalue weighted by Gasteiger charge is 2.29. The monoisotopic (exact) mass is 285 g/mol. The van der Waals surface area contributed by atoms with Crippen LogP contribution in [0.5, 0.6) is 0 Å². The molecule has 2 aromatic heterocycles. The van der Waals surface area contributed by atoms with Crippen molar-refractivity contribution >= 4 is 28.8 Å². The lowest BCUT2D eigenvalue weighted by Crippen LogP contribution is -2.32. The zero-order chi connectivity index (χ0) is 14.1. The van der Waals surface area contributed by atoms with Crippen molar-refractivity contribution < 1.29 is 14.4 Å². The highest BCUT2D eigenvalue weighted by molar-refractivity contribution is 7.12. The minimum Gasteiger partial charge on any atom is -0.318 e. The number of hydrogen-bond acceptors (Lipinski definition) is 6. The Morgan fingerprint density at radius 1 is 1.15 bits per heavy atom. The molecule has 0 fully saturated rings. The maximum absolute atomic E-state index is 12.1. The molecule has 6 nitrogen and oxygen atoms in total. The van der Waals surface area contributed by atoms with Crippen LogP contribution < -0.4 is 5.32 Å². The number of carbonyl (C=O) groups excluding carboxylic acids is 3. The first-order valence-electron chi connectivity index (χ1n) is 5.63. The standard InChI is InChI=1S/C13H7N3O3S/c17-8-6-7(16-13(19)9-2-1-5-20-9)12(18)11-10(8)14-3-4-15-11/h1-6H,(H,16,19). The maximum Gasteiger partial charge on any atom is 0.265 e. The number of nitrogens with zero attached hydrogens (tertiary/aromatic N) is 2. The first-order valence-corrected chi connectivity index (χ1v) is 6.51. The molecular weight excluding hydrogens is 278 g/mol. The predicted octanol–water partition coefficient (Wildman–Crippen LogP) is 1.23. The van der Waals surface area contributed by atoms with E-state index in [1.165, 1.54) is 23.7 Å². The van der Waals surface area contributed by atoms with Crippen molar-refractivity contribution in [1.82, 2.24) is 15.3 Å². The van der Waals surface area contributed by atoms with Crippen LogP contribution in [-0.2, 0) is 0 Å². The molecule has 0 spiro atoms. The van der Waals surface area contributed by atoms with Crippen molar-refractivity contribution in [2.24, 2.45) is 0 Å². The van der Waals surface area contributed by atoms with E-state index in [4.69, 9.17) is 0 Å². The Morgan fingerprint density at radius 2 is 1.90 bits per heavy atom. The molecule has 0 saturated heterocycles. The van der Waals surface area contributed by atoms with E-state index in [0.717, 1.165) is 6.08 Å². The van der Waals surface area contributed by atoms with Crippen molar-refractivity contribution in [1.29, 1.82) is 0 Å². The SMILES string of the molecule is O=C(NC1=CC(=O)c2nccnc2C1=O)c1cccs1. The van der Waals surface area contributed by atoms with Crippen LogP contribution in [0, 0.1) is 0 Å². The fraction of sp³-hybridized carbons (Fsp3) is 0. The zero-order valence-electron chi connectivity index (χ0n) is 9.99. The Bertz CT molecular complexity index is 750. The number of fused-ring (bicyclic) bond motifs is 1. The van der Waals surface area contributed by atoms with Gasteiger partial charge < -0.3 is 5.32 Å². The van der Waals surface area contributed by atoms with Gasteiger partial charge in [0, 0.05) is 18.5 Å². The molecule has 0 radical (unpaired) electrons. The fourth-order valence-electron chi connectivity index (χ4n) is 1.76. The molecule has 0 unspecified atom stereocenters. The molecule has 98 valence electrons. The molecule has 2 heterocycles. The van der Waals surface area contributed by atoms with E-state index in [1.807, 2.05) is 0 Å². The first-order chi connectivity index (χ1) is 9.66. The van der Waals surface area contributed by atoms with Gasteiger partial charge in [0.25, 0.3) is 5.91 Å². The highest BCUT2D eigenvalue weighted by atomic mass is 32.1. The summed E-state index contributed by atoms with van der Waals surface area (Å²) < 4.78 is 0. The van der Waals surface area contributed by atoms with E-state index >= 15 is 0 Å². The first kappa shape index (κ1) is 12.4. The summed E-state index contributed by atoms with van der Waals surface area (Å²) in [7, 11) is 0. The molecule has 1 aliphatic carbocycles. The second-order valence-electron chi connectivity index (χ2n) is 3.94. The molecule has 2 aromatic rings. The molecule has 0 saturated carbocycles. The maximum atomic E-state index is 12.1. The minimum absolute atomic E-state index is 0.00613. The van der Waals surface area contributed by atoms with E-state index in [9.17, 15) is 14.4 Å². The van der Waals surface area contributed by atoms with Crippen LogP contribution in [0.25, 0.3) is 0 Å². The quantitative estimate of drug-likeness (QED) is 0.896. The van der Waals surface area contributed by atoms with Crippen LogP contribution >= 0.6 is 11.3 Å². The van der Waals surface area contributed by atoms with E-state index in [0.29, 0.717) is 4.88 Å². The lowest BCUT2D eigenvalue weighted by molar-refractivity contribution is 0.0923. The molecule has 3 rings (SSSR count). The number of allylic oxidation sites excluding steroid dienone is 2. The summed E-state index contributed by atoms with van der Waals surface area (Å²) in [5, 5.41) is 4.18. The minimum atomic E-state index is -0.516. The lowest BCUT2D eigenvalue weighted by Gasteiger charge is -2.13. The Balaban J connectivity index is 1.91. The fourth-order valence-corrected chi connectivity index (χ4v) is 2.38. The Hall–Kier alpha value is -2.67. The van der Waals surface area contributed by atoms with Gasteiger partial charge in [-0.05, 0) is 11.4 Å². The summed E-state index contributed by atoms with van der Waals surface area (Å²) in [6.07, 6.45) is 3.74. The van der Waals surface area contributed by atoms with Gasteiger partial charge in [-0.15, -0.1) is 11.3 Å². The number of ketones is 2. The summed E-state index contributed by atoms with van der Waals surface area (Å²) in [6.45, 7) is 0. The number of Topliss-reactive ketones (excluding diaryl/α,β-unsaturated/α-hetero) is 1. The molecule has 1 aliphatic rings. The van der Waals surface area contributed by atoms with Gasteiger partial charge in [-0.25, -0.2) is 9.97 Å². The molecule has 7 heteroatoms. The number of aromatic nitrogens is 2. The Morgan fingerprint density at radius 3 is 2.60 bits per heavy atom. The van der Waals surface area contributed by atoms with E-state index in [2.05, 4.69) is 15.3 Å². The van der Waals surface area contributed by atoms with Crippen LogP contribution in [0.4, 0.5) is 0 Å². The van der Waals surface area contributed by atoms with E-state index < -0.39 is 17.5 Å². The molecule has 1 amide bonds. The molecule has 0 aromatic carbocycles. The van der Waals surface area contributed by atoms with Gasteiger partial charge in [-0.3, -0.25) is 14.4 Å². The molecule has 0 aliphatic heterocycles. The second kappa shape index (κ2) is 4.78. The third kappa shape index (κ3) is 2.04. The lowest BCUT2D eigenvalue weighted by atomic mass is 10.0. The number of rotatable bonds is 2. The van der Waals surface area contributed by atoms with E-state index in [1.54, 1.807) is 17.5 Å². The average Bonchev–Trinajstić information content (AvgIpc) is 2.99. The van der Waals surface area contributed by atoms with Crippen LogP contribution in [0.15, 0.2) is 41.7 Å². The van der Waals surface area contributed by atoms with Gasteiger partial charge in [-0.1, -0.05) is 6.07 Å². The third-order valence-corrected chi connectivity index (χ3v) is 3.53. The van der Waals surface area contributed by atoms with Gasteiger partial charge in [0.1, 0.15) is 11.4 Å². The molecule has 0 atom stereocenters.